The Kier molecular flexibility index (Phi) is 6.59. The van der Waals surface area contributed by atoms with Gasteiger partial charge in [0, 0.05) is 12.2 Å². The van der Waals surface area contributed by atoms with Crippen LogP contribution in [0.3, 0.4) is 0 Å². The molecule has 0 fully saturated rings. The van der Waals surface area contributed by atoms with Gasteiger partial charge in [0.25, 0.3) is 0 Å². The maximum atomic E-state index is 12.5. The molecular formula is C22H22N2O4. The number of rotatable bonds is 8. The molecule has 0 aliphatic heterocycles. The van der Waals surface area contributed by atoms with Crippen molar-refractivity contribution in [3.8, 4) is 0 Å². The lowest BCUT2D eigenvalue weighted by atomic mass is 10.2. The lowest BCUT2D eigenvalue weighted by Gasteiger charge is -2.21. The van der Waals surface area contributed by atoms with Crippen LogP contribution in [0, 0.1) is 0 Å². The minimum atomic E-state index is -0.412. The molecule has 0 unspecified atom stereocenters. The topological polar surface area (TPSA) is 71.8 Å². The SMILES string of the molecule is COC(=O)c1ccc(NC(=O)CN(Cc2ccccc2)Cc2ccco2)cc1. The molecule has 6 heteroatoms. The van der Waals surface area contributed by atoms with E-state index >= 15 is 0 Å². The first-order valence-electron chi connectivity index (χ1n) is 8.91. The average Bonchev–Trinajstić information content (AvgIpc) is 3.21. The van der Waals surface area contributed by atoms with Crippen molar-refractivity contribution in [3.05, 3.63) is 89.9 Å². The van der Waals surface area contributed by atoms with Gasteiger partial charge in [-0.25, -0.2) is 4.79 Å². The van der Waals surface area contributed by atoms with Crippen molar-refractivity contribution in [1.29, 1.82) is 0 Å². The molecule has 0 aliphatic rings. The predicted molar refractivity (Wildman–Crippen MR) is 106 cm³/mol. The molecular weight excluding hydrogens is 356 g/mol. The summed E-state index contributed by atoms with van der Waals surface area (Å²) in [5.74, 6) is 0.241. The summed E-state index contributed by atoms with van der Waals surface area (Å²) in [7, 11) is 1.33. The van der Waals surface area contributed by atoms with Gasteiger partial charge >= 0.3 is 5.97 Å². The molecule has 144 valence electrons. The van der Waals surface area contributed by atoms with Crippen LogP contribution in [0.1, 0.15) is 21.7 Å². The number of hydrogen-bond acceptors (Lipinski definition) is 5. The van der Waals surface area contributed by atoms with E-state index in [4.69, 9.17) is 4.42 Å². The van der Waals surface area contributed by atoms with E-state index < -0.39 is 5.97 Å². The van der Waals surface area contributed by atoms with E-state index in [0.29, 0.717) is 24.3 Å². The lowest BCUT2D eigenvalue weighted by Crippen LogP contribution is -2.32. The second-order valence-electron chi connectivity index (χ2n) is 6.33. The molecule has 1 heterocycles. The van der Waals surface area contributed by atoms with Crippen LogP contribution in [0.4, 0.5) is 5.69 Å². The van der Waals surface area contributed by atoms with E-state index in [0.717, 1.165) is 11.3 Å². The Morgan fingerprint density at radius 1 is 0.964 bits per heavy atom. The fourth-order valence-electron chi connectivity index (χ4n) is 2.84. The van der Waals surface area contributed by atoms with Crippen LogP contribution in [0.5, 0.6) is 0 Å². The lowest BCUT2D eigenvalue weighted by molar-refractivity contribution is -0.117. The van der Waals surface area contributed by atoms with Crippen LogP contribution < -0.4 is 5.32 Å². The molecule has 6 nitrogen and oxygen atoms in total. The third kappa shape index (κ3) is 5.56. The Hall–Kier alpha value is -3.38. The van der Waals surface area contributed by atoms with Crippen molar-refractivity contribution in [1.82, 2.24) is 4.90 Å². The number of nitrogens with zero attached hydrogens (tertiary/aromatic N) is 1. The van der Waals surface area contributed by atoms with Gasteiger partial charge in [-0.2, -0.15) is 0 Å². The molecule has 3 rings (SSSR count). The molecule has 0 radical (unpaired) electrons. The number of methoxy groups -OCH3 is 1. The number of esters is 1. The number of ether oxygens (including phenoxy) is 1. The van der Waals surface area contributed by atoms with Gasteiger partial charge in [-0.3, -0.25) is 9.69 Å². The highest BCUT2D eigenvalue weighted by molar-refractivity contribution is 5.93. The molecule has 0 bridgehead atoms. The molecule has 0 atom stereocenters. The van der Waals surface area contributed by atoms with Crippen LogP contribution in [0.25, 0.3) is 0 Å². The molecule has 1 amide bonds. The van der Waals surface area contributed by atoms with Gasteiger partial charge in [0.15, 0.2) is 0 Å². The summed E-state index contributed by atoms with van der Waals surface area (Å²) in [5.41, 5.74) is 2.17. The second-order valence-corrected chi connectivity index (χ2v) is 6.33. The summed E-state index contributed by atoms with van der Waals surface area (Å²) in [6.45, 7) is 1.35. The fourth-order valence-corrected chi connectivity index (χ4v) is 2.84. The van der Waals surface area contributed by atoms with Crippen molar-refractivity contribution in [3.63, 3.8) is 0 Å². The Morgan fingerprint density at radius 3 is 2.36 bits per heavy atom. The Bertz CT molecular complexity index is 890. The summed E-state index contributed by atoms with van der Waals surface area (Å²) < 4.78 is 10.1. The number of nitrogens with one attached hydrogen (secondary N) is 1. The summed E-state index contributed by atoms with van der Waals surface area (Å²) in [6.07, 6.45) is 1.62. The number of amides is 1. The van der Waals surface area contributed by atoms with Gasteiger partial charge in [-0.15, -0.1) is 0 Å². The highest BCUT2D eigenvalue weighted by Gasteiger charge is 2.14. The number of carbonyl (C=O) groups excluding carboxylic acids is 2. The highest BCUT2D eigenvalue weighted by Crippen LogP contribution is 2.13. The molecule has 0 spiro atoms. The summed E-state index contributed by atoms with van der Waals surface area (Å²) in [5, 5.41) is 2.86. The summed E-state index contributed by atoms with van der Waals surface area (Å²) in [6, 6.07) is 20.3. The summed E-state index contributed by atoms with van der Waals surface area (Å²) in [4.78, 5) is 26.0. The van der Waals surface area contributed by atoms with E-state index in [1.807, 2.05) is 47.4 Å². The molecule has 1 aromatic heterocycles. The van der Waals surface area contributed by atoms with Gasteiger partial charge in [0.2, 0.25) is 5.91 Å². The van der Waals surface area contributed by atoms with Gasteiger partial charge < -0.3 is 14.5 Å². The normalized spacial score (nSPS) is 10.6. The minimum absolute atomic E-state index is 0.145. The number of furan rings is 1. The summed E-state index contributed by atoms with van der Waals surface area (Å²) >= 11 is 0. The van der Waals surface area contributed by atoms with Crippen molar-refractivity contribution in [2.75, 3.05) is 19.0 Å². The van der Waals surface area contributed by atoms with Gasteiger partial charge in [-0.05, 0) is 42.0 Å². The average molecular weight is 378 g/mol. The van der Waals surface area contributed by atoms with Gasteiger partial charge in [0.1, 0.15) is 5.76 Å². The Labute approximate surface area is 163 Å². The molecule has 2 aromatic carbocycles. The number of carbonyl (C=O) groups is 2. The molecule has 0 saturated heterocycles. The number of benzene rings is 2. The smallest absolute Gasteiger partial charge is 0.337 e. The van der Waals surface area contributed by atoms with Crippen molar-refractivity contribution in [2.45, 2.75) is 13.1 Å². The molecule has 0 saturated carbocycles. The van der Waals surface area contributed by atoms with Crippen molar-refractivity contribution >= 4 is 17.6 Å². The van der Waals surface area contributed by atoms with Crippen molar-refractivity contribution < 1.29 is 18.7 Å². The van der Waals surface area contributed by atoms with E-state index in [1.165, 1.54) is 7.11 Å². The van der Waals surface area contributed by atoms with E-state index in [2.05, 4.69) is 10.1 Å². The molecule has 28 heavy (non-hydrogen) atoms. The number of hydrogen-bond donors (Lipinski definition) is 1. The maximum absolute atomic E-state index is 12.5. The zero-order valence-electron chi connectivity index (χ0n) is 15.6. The molecule has 3 aromatic rings. The second kappa shape index (κ2) is 9.53. The third-order valence-corrected chi connectivity index (χ3v) is 4.17. The minimum Gasteiger partial charge on any atom is -0.468 e. The quantitative estimate of drug-likeness (QED) is 0.605. The zero-order valence-corrected chi connectivity index (χ0v) is 15.6. The first-order chi connectivity index (χ1) is 13.6. The fraction of sp³-hybridized carbons (Fsp3) is 0.182. The van der Waals surface area contributed by atoms with Crippen LogP contribution in [-0.2, 0) is 22.6 Å². The maximum Gasteiger partial charge on any atom is 0.337 e. The van der Waals surface area contributed by atoms with Crippen LogP contribution in [0.2, 0.25) is 0 Å². The van der Waals surface area contributed by atoms with E-state index in [1.54, 1.807) is 30.5 Å². The van der Waals surface area contributed by atoms with E-state index in [-0.39, 0.29) is 12.5 Å². The highest BCUT2D eigenvalue weighted by atomic mass is 16.5. The van der Waals surface area contributed by atoms with Crippen molar-refractivity contribution in [2.24, 2.45) is 0 Å². The monoisotopic (exact) mass is 378 g/mol. The Morgan fingerprint density at radius 2 is 1.71 bits per heavy atom. The van der Waals surface area contributed by atoms with Crippen LogP contribution in [-0.4, -0.2) is 30.4 Å². The van der Waals surface area contributed by atoms with Crippen LogP contribution >= 0.6 is 0 Å². The standard InChI is InChI=1S/C22H22N2O4/c1-27-22(26)18-9-11-19(12-10-18)23-21(25)16-24(15-20-8-5-13-28-20)14-17-6-3-2-4-7-17/h2-13H,14-16H2,1H3,(H,23,25). The number of anilines is 1. The largest absolute Gasteiger partial charge is 0.468 e. The zero-order chi connectivity index (χ0) is 19.8. The van der Waals surface area contributed by atoms with Gasteiger partial charge in [0.05, 0.1) is 32.0 Å². The van der Waals surface area contributed by atoms with Gasteiger partial charge in [-0.1, -0.05) is 30.3 Å². The molecule has 1 N–H and O–H groups in total. The van der Waals surface area contributed by atoms with E-state index in [9.17, 15) is 9.59 Å². The first-order valence-corrected chi connectivity index (χ1v) is 8.91. The molecule has 0 aliphatic carbocycles. The third-order valence-electron chi connectivity index (χ3n) is 4.17. The predicted octanol–water partition coefficient (Wildman–Crippen LogP) is 3.71. The Balaban J connectivity index is 1.63. The van der Waals surface area contributed by atoms with Crippen LogP contribution in [0.15, 0.2) is 77.4 Å². The first kappa shape index (κ1) is 19.4.